The van der Waals surface area contributed by atoms with Gasteiger partial charge in [0.25, 0.3) is 0 Å². The average molecular weight is 276 g/mol. The van der Waals surface area contributed by atoms with E-state index in [9.17, 15) is 0 Å². The number of pyridine rings is 1. The number of rotatable bonds is 1. The van der Waals surface area contributed by atoms with Gasteiger partial charge in [-0.05, 0) is 28.1 Å². The maximum absolute atomic E-state index is 8.61. The van der Waals surface area contributed by atoms with E-state index in [1.165, 1.54) is 0 Å². The summed E-state index contributed by atoms with van der Waals surface area (Å²) in [5.74, 6) is 0. The van der Waals surface area contributed by atoms with Gasteiger partial charge in [-0.2, -0.15) is 5.26 Å². The van der Waals surface area contributed by atoms with Crippen LogP contribution in [0.4, 0.5) is 0 Å². The molecular formula is C7H4Br2N2. The van der Waals surface area contributed by atoms with Crippen LogP contribution in [0.5, 0.6) is 0 Å². The highest BCUT2D eigenvalue weighted by Gasteiger charge is 2.01. The van der Waals surface area contributed by atoms with Crippen LogP contribution in [0.3, 0.4) is 0 Å². The molecule has 0 aromatic carbocycles. The monoisotopic (exact) mass is 274 g/mol. The Bertz CT molecular complexity index is 304. The lowest BCUT2D eigenvalue weighted by molar-refractivity contribution is 1.14. The van der Waals surface area contributed by atoms with Crippen molar-refractivity contribution in [1.29, 1.82) is 5.26 Å². The number of halogens is 2. The molecule has 11 heavy (non-hydrogen) atoms. The molecule has 0 unspecified atom stereocenters. The molecule has 0 aliphatic rings. The van der Waals surface area contributed by atoms with E-state index in [4.69, 9.17) is 5.26 Å². The van der Waals surface area contributed by atoms with Gasteiger partial charge in [0.2, 0.25) is 0 Å². The Morgan fingerprint density at radius 3 is 2.82 bits per heavy atom. The largest absolute Gasteiger partial charge is 0.244 e. The molecule has 0 atom stereocenters. The standard InChI is InChI=1S/C7H4Br2N2/c8-3-6-5(4-10)1-2-7(9)11-6/h1-2H,3H2. The van der Waals surface area contributed by atoms with Crippen molar-refractivity contribution in [3.63, 3.8) is 0 Å². The molecule has 1 heterocycles. The van der Waals surface area contributed by atoms with Crippen LogP contribution in [0.15, 0.2) is 16.7 Å². The fraction of sp³-hybridized carbons (Fsp3) is 0.143. The summed E-state index contributed by atoms with van der Waals surface area (Å²) >= 11 is 6.47. The molecule has 0 aliphatic carbocycles. The van der Waals surface area contributed by atoms with Gasteiger partial charge in [0.05, 0.1) is 11.3 Å². The number of hydrogen-bond donors (Lipinski definition) is 0. The Morgan fingerprint density at radius 1 is 1.55 bits per heavy atom. The minimum atomic E-state index is 0.606. The topological polar surface area (TPSA) is 36.7 Å². The van der Waals surface area contributed by atoms with Gasteiger partial charge in [0, 0.05) is 5.33 Å². The summed E-state index contributed by atoms with van der Waals surface area (Å²) in [5.41, 5.74) is 1.38. The number of hydrogen-bond acceptors (Lipinski definition) is 2. The van der Waals surface area contributed by atoms with E-state index in [1.54, 1.807) is 12.1 Å². The molecule has 0 spiro atoms. The van der Waals surface area contributed by atoms with E-state index in [1.807, 2.05) is 0 Å². The zero-order valence-electron chi connectivity index (χ0n) is 5.51. The Kier molecular flexibility index (Phi) is 3.03. The molecule has 0 radical (unpaired) electrons. The van der Waals surface area contributed by atoms with Gasteiger partial charge in [-0.15, -0.1) is 0 Å². The summed E-state index contributed by atoms with van der Waals surface area (Å²) in [6.07, 6.45) is 0. The second-order valence-electron chi connectivity index (χ2n) is 1.87. The van der Waals surface area contributed by atoms with E-state index in [-0.39, 0.29) is 0 Å². The van der Waals surface area contributed by atoms with E-state index in [0.717, 1.165) is 10.3 Å². The third-order valence-corrected chi connectivity index (χ3v) is 2.16. The normalized spacial score (nSPS) is 9.18. The number of nitriles is 1. The molecule has 0 amide bonds. The summed E-state index contributed by atoms with van der Waals surface area (Å²) in [4.78, 5) is 4.11. The minimum Gasteiger partial charge on any atom is -0.244 e. The van der Waals surface area contributed by atoms with Gasteiger partial charge in [0.1, 0.15) is 10.7 Å². The fourth-order valence-electron chi connectivity index (χ4n) is 0.678. The zero-order valence-corrected chi connectivity index (χ0v) is 8.68. The lowest BCUT2D eigenvalue weighted by Crippen LogP contribution is -1.90. The quantitative estimate of drug-likeness (QED) is 0.584. The van der Waals surface area contributed by atoms with E-state index < -0.39 is 0 Å². The summed E-state index contributed by atoms with van der Waals surface area (Å²) in [5, 5.41) is 9.22. The Morgan fingerprint density at radius 2 is 2.27 bits per heavy atom. The molecular weight excluding hydrogens is 272 g/mol. The molecule has 4 heteroatoms. The summed E-state index contributed by atoms with van der Waals surface area (Å²) in [6, 6.07) is 5.56. The van der Waals surface area contributed by atoms with Crippen molar-refractivity contribution < 1.29 is 0 Å². The van der Waals surface area contributed by atoms with Crippen molar-refractivity contribution in [3.05, 3.63) is 28.0 Å². The molecule has 1 rings (SSSR count). The molecule has 0 saturated heterocycles. The SMILES string of the molecule is N#Cc1ccc(Br)nc1CBr. The molecule has 0 N–H and O–H groups in total. The first-order chi connectivity index (χ1) is 5.27. The molecule has 0 aliphatic heterocycles. The first kappa shape index (κ1) is 8.69. The second kappa shape index (κ2) is 3.84. The van der Waals surface area contributed by atoms with Gasteiger partial charge in [0.15, 0.2) is 0 Å². The Hall–Kier alpha value is -0.400. The lowest BCUT2D eigenvalue weighted by Gasteiger charge is -1.97. The van der Waals surface area contributed by atoms with E-state index >= 15 is 0 Å². The van der Waals surface area contributed by atoms with Crippen LogP contribution in [-0.4, -0.2) is 4.98 Å². The van der Waals surface area contributed by atoms with Crippen LogP contribution < -0.4 is 0 Å². The van der Waals surface area contributed by atoms with Crippen LogP contribution in [0, 0.1) is 11.3 Å². The molecule has 0 fully saturated rings. The third kappa shape index (κ3) is 2.01. The van der Waals surface area contributed by atoms with Gasteiger partial charge in [-0.25, -0.2) is 4.98 Å². The average Bonchev–Trinajstić information content (AvgIpc) is 2.04. The lowest BCUT2D eigenvalue weighted by atomic mass is 10.2. The van der Waals surface area contributed by atoms with Crippen molar-refractivity contribution in [2.45, 2.75) is 5.33 Å². The number of aromatic nitrogens is 1. The maximum atomic E-state index is 8.61. The molecule has 0 bridgehead atoms. The molecule has 2 nitrogen and oxygen atoms in total. The third-order valence-electron chi connectivity index (χ3n) is 1.19. The molecule has 1 aromatic rings. The number of alkyl halides is 1. The first-order valence-corrected chi connectivity index (χ1v) is 4.81. The summed E-state index contributed by atoms with van der Waals surface area (Å²) in [6.45, 7) is 0. The van der Waals surface area contributed by atoms with Crippen LogP contribution in [0.1, 0.15) is 11.3 Å². The predicted molar refractivity (Wildman–Crippen MR) is 49.3 cm³/mol. The highest BCUT2D eigenvalue weighted by Crippen LogP contribution is 2.13. The maximum Gasteiger partial charge on any atom is 0.106 e. The predicted octanol–water partition coefficient (Wildman–Crippen LogP) is 2.61. The zero-order chi connectivity index (χ0) is 8.27. The van der Waals surface area contributed by atoms with Crippen molar-refractivity contribution in [2.75, 3.05) is 0 Å². The molecule has 0 saturated carbocycles. The highest BCUT2D eigenvalue weighted by molar-refractivity contribution is 9.10. The van der Waals surface area contributed by atoms with Gasteiger partial charge in [-0.1, -0.05) is 15.9 Å². The van der Waals surface area contributed by atoms with Crippen LogP contribution >= 0.6 is 31.9 Å². The van der Waals surface area contributed by atoms with Crippen LogP contribution in [0.25, 0.3) is 0 Å². The van der Waals surface area contributed by atoms with Crippen LogP contribution in [-0.2, 0) is 5.33 Å². The summed E-state index contributed by atoms with van der Waals surface area (Å²) < 4.78 is 0.756. The fourth-order valence-corrected chi connectivity index (χ4v) is 1.45. The molecule has 56 valence electrons. The van der Waals surface area contributed by atoms with Gasteiger partial charge >= 0.3 is 0 Å². The first-order valence-electron chi connectivity index (χ1n) is 2.89. The van der Waals surface area contributed by atoms with Crippen molar-refractivity contribution in [3.8, 4) is 6.07 Å². The number of nitrogens with zero attached hydrogens (tertiary/aromatic N) is 2. The van der Waals surface area contributed by atoms with Crippen molar-refractivity contribution in [2.24, 2.45) is 0 Å². The summed E-state index contributed by atoms with van der Waals surface area (Å²) in [7, 11) is 0. The smallest absolute Gasteiger partial charge is 0.106 e. The van der Waals surface area contributed by atoms with Crippen LogP contribution in [0.2, 0.25) is 0 Å². The molecule has 1 aromatic heterocycles. The van der Waals surface area contributed by atoms with E-state index in [2.05, 4.69) is 42.9 Å². The Labute approximate surface area is 81.5 Å². The highest BCUT2D eigenvalue weighted by atomic mass is 79.9. The second-order valence-corrected chi connectivity index (χ2v) is 3.25. The van der Waals surface area contributed by atoms with E-state index in [0.29, 0.717) is 10.9 Å². The van der Waals surface area contributed by atoms with Gasteiger partial charge in [-0.3, -0.25) is 0 Å². The Balaban J connectivity index is 3.19. The van der Waals surface area contributed by atoms with Crippen molar-refractivity contribution >= 4 is 31.9 Å². The van der Waals surface area contributed by atoms with Crippen molar-refractivity contribution in [1.82, 2.24) is 4.98 Å². The minimum absolute atomic E-state index is 0.606. The van der Waals surface area contributed by atoms with Gasteiger partial charge < -0.3 is 0 Å².